The van der Waals surface area contributed by atoms with Gasteiger partial charge in [-0.25, -0.2) is 0 Å². The van der Waals surface area contributed by atoms with Crippen LogP contribution in [0.4, 0.5) is 0 Å². The van der Waals surface area contributed by atoms with Gasteiger partial charge >= 0.3 is 0 Å². The van der Waals surface area contributed by atoms with Crippen LogP contribution < -0.4 is 0 Å². The molecule has 0 heterocycles. The summed E-state index contributed by atoms with van der Waals surface area (Å²) in [5.41, 5.74) is 0. The summed E-state index contributed by atoms with van der Waals surface area (Å²) in [5.74, 6) is 5.08. The van der Waals surface area contributed by atoms with Crippen LogP contribution in [0.25, 0.3) is 0 Å². The molecule has 0 aliphatic heterocycles. The average Bonchev–Trinajstić information content (AvgIpc) is 1.97. The van der Waals surface area contributed by atoms with Crippen LogP contribution in [0.2, 0.25) is 0 Å². The minimum absolute atomic E-state index is 1.13. The standard InChI is InChI=1S/C6H12Br2S2/c7-1-3-9-5-6-10-4-2-8/h1-6H2. The maximum atomic E-state index is 3.40. The Bertz CT molecular complexity index is 53.7. The van der Waals surface area contributed by atoms with Gasteiger partial charge < -0.3 is 0 Å². The highest BCUT2D eigenvalue weighted by atomic mass is 79.9. The molecule has 0 fully saturated rings. The van der Waals surface area contributed by atoms with Gasteiger partial charge in [-0.1, -0.05) is 31.9 Å². The second-order valence-electron chi connectivity index (χ2n) is 1.60. The molecule has 0 aliphatic rings. The molecular weight excluding hydrogens is 296 g/mol. The van der Waals surface area contributed by atoms with E-state index in [1.165, 1.54) is 23.0 Å². The van der Waals surface area contributed by atoms with Crippen LogP contribution in [0.3, 0.4) is 0 Å². The normalized spacial score (nSPS) is 10.2. The van der Waals surface area contributed by atoms with Crippen molar-refractivity contribution < 1.29 is 0 Å². The minimum Gasteiger partial charge on any atom is -0.160 e. The smallest absolute Gasteiger partial charge is 0.0122 e. The maximum Gasteiger partial charge on any atom is 0.0122 e. The van der Waals surface area contributed by atoms with Crippen molar-refractivity contribution in [3.8, 4) is 0 Å². The van der Waals surface area contributed by atoms with Crippen molar-refractivity contribution in [2.45, 2.75) is 0 Å². The van der Waals surface area contributed by atoms with Gasteiger partial charge in [0.05, 0.1) is 0 Å². The lowest BCUT2D eigenvalue weighted by molar-refractivity contribution is 1.48. The van der Waals surface area contributed by atoms with Gasteiger partial charge in [-0.3, -0.25) is 0 Å². The number of thioether (sulfide) groups is 2. The first-order valence-electron chi connectivity index (χ1n) is 3.19. The first-order chi connectivity index (χ1) is 4.91. The minimum atomic E-state index is 1.13. The van der Waals surface area contributed by atoms with E-state index in [0.29, 0.717) is 0 Å². The molecule has 10 heavy (non-hydrogen) atoms. The molecule has 4 heteroatoms. The zero-order chi connectivity index (χ0) is 7.66. The Morgan fingerprint density at radius 1 is 0.700 bits per heavy atom. The summed E-state index contributed by atoms with van der Waals surface area (Å²) in [5, 5.41) is 2.25. The first-order valence-corrected chi connectivity index (χ1v) is 7.74. The molecule has 0 aliphatic carbocycles. The largest absolute Gasteiger partial charge is 0.160 e. The second kappa shape index (κ2) is 10.7. The Hall–Kier alpha value is 1.66. The fraction of sp³-hybridized carbons (Fsp3) is 1.00. The summed E-state index contributed by atoms with van der Waals surface area (Å²) in [6.45, 7) is 0. The fourth-order valence-electron chi connectivity index (χ4n) is 0.431. The summed E-state index contributed by atoms with van der Waals surface area (Å²) < 4.78 is 0. The topological polar surface area (TPSA) is 0 Å². The Labute approximate surface area is 88.5 Å². The molecule has 0 unspecified atom stereocenters. The lowest BCUT2D eigenvalue weighted by Crippen LogP contribution is -1.89. The van der Waals surface area contributed by atoms with Gasteiger partial charge in [-0.2, -0.15) is 23.5 Å². The average molecular weight is 308 g/mol. The molecule has 0 N–H and O–H groups in total. The van der Waals surface area contributed by atoms with Crippen LogP contribution in [-0.2, 0) is 0 Å². The summed E-state index contributed by atoms with van der Waals surface area (Å²) in [6, 6.07) is 0. The Kier molecular flexibility index (Phi) is 12.4. The lowest BCUT2D eigenvalue weighted by atomic mass is 10.9. The first kappa shape index (κ1) is 11.7. The molecule has 0 bridgehead atoms. The van der Waals surface area contributed by atoms with E-state index in [1.54, 1.807) is 0 Å². The van der Waals surface area contributed by atoms with Gasteiger partial charge in [-0.05, 0) is 0 Å². The van der Waals surface area contributed by atoms with Crippen molar-refractivity contribution in [3.05, 3.63) is 0 Å². The molecule has 0 aromatic carbocycles. The summed E-state index contributed by atoms with van der Waals surface area (Å²) >= 11 is 10.8. The van der Waals surface area contributed by atoms with Gasteiger partial charge in [-0.15, -0.1) is 0 Å². The van der Waals surface area contributed by atoms with Gasteiger partial charge in [0, 0.05) is 33.7 Å². The van der Waals surface area contributed by atoms with Crippen LogP contribution >= 0.6 is 55.4 Å². The number of hydrogen-bond donors (Lipinski definition) is 0. The van der Waals surface area contributed by atoms with E-state index in [2.05, 4.69) is 31.9 Å². The van der Waals surface area contributed by atoms with Gasteiger partial charge in [0.2, 0.25) is 0 Å². The van der Waals surface area contributed by atoms with Gasteiger partial charge in [0.15, 0.2) is 0 Å². The number of alkyl halides is 2. The van der Waals surface area contributed by atoms with Crippen molar-refractivity contribution in [3.63, 3.8) is 0 Å². The predicted molar refractivity (Wildman–Crippen MR) is 62.2 cm³/mol. The third kappa shape index (κ3) is 9.66. The number of hydrogen-bond acceptors (Lipinski definition) is 2. The highest BCUT2D eigenvalue weighted by Crippen LogP contribution is 2.07. The third-order valence-electron chi connectivity index (χ3n) is 0.815. The van der Waals surface area contributed by atoms with E-state index in [0.717, 1.165) is 10.7 Å². The molecule has 0 amide bonds. The van der Waals surface area contributed by atoms with Crippen molar-refractivity contribution in [1.29, 1.82) is 0 Å². The predicted octanol–water partition coefficient (Wildman–Crippen LogP) is 3.24. The zero-order valence-corrected chi connectivity index (χ0v) is 10.6. The SMILES string of the molecule is BrCCSCCSCCBr. The quantitative estimate of drug-likeness (QED) is 0.523. The van der Waals surface area contributed by atoms with E-state index in [1.807, 2.05) is 23.5 Å². The maximum absolute atomic E-state index is 3.40. The highest BCUT2D eigenvalue weighted by molar-refractivity contribution is 9.09. The number of halogens is 2. The molecule has 0 nitrogen and oxygen atoms in total. The van der Waals surface area contributed by atoms with E-state index in [4.69, 9.17) is 0 Å². The van der Waals surface area contributed by atoms with E-state index in [9.17, 15) is 0 Å². The van der Waals surface area contributed by atoms with E-state index >= 15 is 0 Å². The van der Waals surface area contributed by atoms with Crippen LogP contribution in [-0.4, -0.2) is 33.7 Å². The molecule has 0 spiro atoms. The molecule has 0 saturated heterocycles. The molecule has 0 rings (SSSR count). The fourth-order valence-corrected chi connectivity index (χ4v) is 3.37. The summed E-state index contributed by atoms with van der Waals surface area (Å²) in [6.07, 6.45) is 0. The molecule has 0 aromatic rings. The molecule has 0 saturated carbocycles. The Balaban J connectivity index is 2.65. The molecular formula is C6H12Br2S2. The van der Waals surface area contributed by atoms with E-state index < -0.39 is 0 Å². The molecule has 0 radical (unpaired) electrons. The van der Waals surface area contributed by atoms with Crippen molar-refractivity contribution in [1.82, 2.24) is 0 Å². The molecule has 62 valence electrons. The number of rotatable bonds is 7. The molecule has 0 aromatic heterocycles. The molecule has 0 atom stereocenters. The Morgan fingerprint density at radius 3 is 1.40 bits per heavy atom. The van der Waals surface area contributed by atoms with Crippen molar-refractivity contribution in [2.24, 2.45) is 0 Å². The van der Waals surface area contributed by atoms with Gasteiger partial charge in [0.1, 0.15) is 0 Å². The Morgan fingerprint density at radius 2 is 1.10 bits per heavy atom. The van der Waals surface area contributed by atoms with Crippen molar-refractivity contribution >= 4 is 55.4 Å². The zero-order valence-electron chi connectivity index (χ0n) is 5.82. The summed E-state index contributed by atoms with van der Waals surface area (Å²) in [4.78, 5) is 0. The van der Waals surface area contributed by atoms with Crippen LogP contribution in [0.5, 0.6) is 0 Å². The second-order valence-corrected chi connectivity index (χ2v) is 5.64. The highest BCUT2D eigenvalue weighted by Gasteiger charge is 1.88. The van der Waals surface area contributed by atoms with Gasteiger partial charge in [0.25, 0.3) is 0 Å². The third-order valence-corrected chi connectivity index (χ3v) is 4.89. The van der Waals surface area contributed by atoms with Crippen LogP contribution in [0, 0.1) is 0 Å². The van der Waals surface area contributed by atoms with Crippen molar-refractivity contribution in [2.75, 3.05) is 33.7 Å². The monoisotopic (exact) mass is 306 g/mol. The van der Waals surface area contributed by atoms with E-state index in [-0.39, 0.29) is 0 Å². The lowest BCUT2D eigenvalue weighted by Gasteiger charge is -1.97. The van der Waals surface area contributed by atoms with Crippen LogP contribution in [0.1, 0.15) is 0 Å². The van der Waals surface area contributed by atoms with Crippen LogP contribution in [0.15, 0.2) is 0 Å². The summed E-state index contributed by atoms with van der Waals surface area (Å²) in [7, 11) is 0.